The predicted molar refractivity (Wildman–Crippen MR) is 60.7 cm³/mol. The number of hydrogen-bond donors (Lipinski definition) is 2. The summed E-state index contributed by atoms with van der Waals surface area (Å²) in [5.41, 5.74) is 1.51. The van der Waals surface area contributed by atoms with Crippen LogP contribution in [0.4, 0.5) is 4.79 Å². The number of carbonyl (C=O) groups is 1. The highest BCUT2D eigenvalue weighted by molar-refractivity contribution is 5.74. The van der Waals surface area contributed by atoms with Gasteiger partial charge >= 0.3 is 6.03 Å². The molecule has 0 bridgehead atoms. The zero-order valence-corrected chi connectivity index (χ0v) is 9.22. The van der Waals surface area contributed by atoms with Crippen LogP contribution in [0.1, 0.15) is 44.9 Å². The van der Waals surface area contributed by atoms with Crippen molar-refractivity contribution in [3.8, 4) is 0 Å². The summed E-state index contributed by atoms with van der Waals surface area (Å²) in [6.07, 6.45) is 10.7. The van der Waals surface area contributed by atoms with Crippen molar-refractivity contribution >= 4 is 6.03 Å². The van der Waals surface area contributed by atoms with Crippen LogP contribution in [0.5, 0.6) is 0 Å². The van der Waals surface area contributed by atoms with Gasteiger partial charge in [-0.15, -0.1) is 0 Å². The first-order valence-corrected chi connectivity index (χ1v) is 6.07. The van der Waals surface area contributed by atoms with E-state index < -0.39 is 0 Å². The maximum atomic E-state index is 11.4. The molecule has 84 valence electrons. The van der Waals surface area contributed by atoms with Gasteiger partial charge in [-0.3, -0.25) is 0 Å². The Morgan fingerprint density at radius 1 is 1.40 bits per heavy atom. The number of nitrogens with one attached hydrogen (secondary N) is 2. The molecule has 0 heterocycles. The third-order valence-corrected chi connectivity index (χ3v) is 3.31. The second-order valence-corrected chi connectivity index (χ2v) is 4.53. The average molecular weight is 208 g/mol. The van der Waals surface area contributed by atoms with E-state index in [1.54, 1.807) is 0 Å². The van der Waals surface area contributed by atoms with Crippen LogP contribution in [0.15, 0.2) is 11.6 Å². The highest BCUT2D eigenvalue weighted by Crippen LogP contribution is 2.20. The minimum atomic E-state index is 0.0123. The van der Waals surface area contributed by atoms with Crippen LogP contribution in [0, 0.1) is 0 Å². The van der Waals surface area contributed by atoms with Gasteiger partial charge in [-0.2, -0.15) is 0 Å². The molecule has 0 unspecified atom stereocenters. The first-order valence-electron chi connectivity index (χ1n) is 6.07. The summed E-state index contributed by atoms with van der Waals surface area (Å²) in [5.74, 6) is 0. The summed E-state index contributed by atoms with van der Waals surface area (Å²) in [5, 5.41) is 5.89. The predicted octanol–water partition coefficient (Wildman–Crippen LogP) is 2.34. The van der Waals surface area contributed by atoms with Gasteiger partial charge < -0.3 is 10.6 Å². The molecule has 2 amide bonds. The maximum absolute atomic E-state index is 11.4. The number of carbonyl (C=O) groups excluding carboxylic acids is 1. The van der Waals surface area contributed by atoms with Gasteiger partial charge in [0.2, 0.25) is 0 Å². The lowest BCUT2D eigenvalue weighted by molar-refractivity contribution is 0.228. The van der Waals surface area contributed by atoms with Crippen molar-refractivity contribution in [3.05, 3.63) is 11.6 Å². The lowest BCUT2D eigenvalue weighted by Gasteiger charge is -2.26. The van der Waals surface area contributed by atoms with Gasteiger partial charge in [0.25, 0.3) is 0 Å². The van der Waals surface area contributed by atoms with Crippen LogP contribution in [-0.2, 0) is 0 Å². The molecule has 0 aromatic rings. The monoisotopic (exact) mass is 208 g/mol. The van der Waals surface area contributed by atoms with E-state index in [-0.39, 0.29) is 6.03 Å². The van der Waals surface area contributed by atoms with Crippen molar-refractivity contribution in [1.29, 1.82) is 0 Å². The second-order valence-electron chi connectivity index (χ2n) is 4.53. The molecule has 3 heteroatoms. The van der Waals surface area contributed by atoms with E-state index in [0.717, 1.165) is 25.8 Å². The number of rotatable bonds is 4. The van der Waals surface area contributed by atoms with Crippen molar-refractivity contribution in [2.45, 2.75) is 51.0 Å². The fourth-order valence-electron chi connectivity index (χ4n) is 2.09. The Labute approximate surface area is 91.3 Å². The largest absolute Gasteiger partial charge is 0.338 e. The van der Waals surface area contributed by atoms with E-state index in [4.69, 9.17) is 0 Å². The number of amides is 2. The molecule has 0 aromatic carbocycles. The Bertz CT molecular complexity index is 256. The van der Waals surface area contributed by atoms with Gasteiger partial charge in [-0.25, -0.2) is 4.79 Å². The highest BCUT2D eigenvalue weighted by atomic mass is 16.2. The van der Waals surface area contributed by atoms with Crippen molar-refractivity contribution in [3.63, 3.8) is 0 Å². The van der Waals surface area contributed by atoms with Gasteiger partial charge in [-0.1, -0.05) is 11.6 Å². The van der Waals surface area contributed by atoms with Crippen LogP contribution >= 0.6 is 0 Å². The quantitative estimate of drug-likeness (QED) is 0.684. The van der Waals surface area contributed by atoms with Gasteiger partial charge in [0.1, 0.15) is 0 Å². The number of allylic oxidation sites excluding steroid dienone is 1. The molecular formula is C12H20N2O. The van der Waals surface area contributed by atoms with Gasteiger partial charge in [0.15, 0.2) is 0 Å². The number of hydrogen-bond acceptors (Lipinski definition) is 1. The van der Waals surface area contributed by atoms with E-state index >= 15 is 0 Å². The Morgan fingerprint density at radius 2 is 2.27 bits per heavy atom. The smallest absolute Gasteiger partial charge is 0.315 e. The highest BCUT2D eigenvalue weighted by Gasteiger charge is 2.18. The van der Waals surface area contributed by atoms with E-state index in [9.17, 15) is 4.79 Å². The second kappa shape index (κ2) is 5.19. The van der Waals surface area contributed by atoms with Crippen LogP contribution < -0.4 is 10.6 Å². The molecule has 1 saturated carbocycles. The Hall–Kier alpha value is -0.990. The first-order chi connectivity index (χ1) is 7.34. The van der Waals surface area contributed by atoms with Crippen molar-refractivity contribution in [2.24, 2.45) is 0 Å². The lowest BCUT2D eigenvalue weighted by atomic mass is 9.93. The summed E-state index contributed by atoms with van der Waals surface area (Å²) in [6.45, 7) is 0.782. The molecule has 2 N–H and O–H groups in total. The van der Waals surface area contributed by atoms with Gasteiger partial charge in [-0.05, 0) is 44.9 Å². The molecule has 2 aliphatic rings. The third kappa shape index (κ3) is 3.26. The van der Waals surface area contributed by atoms with Crippen LogP contribution in [-0.4, -0.2) is 18.6 Å². The fraction of sp³-hybridized carbons (Fsp3) is 0.750. The molecule has 2 rings (SSSR count). The van der Waals surface area contributed by atoms with E-state index in [1.807, 2.05) is 0 Å². The van der Waals surface area contributed by atoms with Gasteiger partial charge in [0, 0.05) is 12.6 Å². The van der Waals surface area contributed by atoms with Crippen molar-refractivity contribution in [2.75, 3.05) is 6.54 Å². The molecular weight excluding hydrogens is 188 g/mol. The van der Waals surface area contributed by atoms with Gasteiger partial charge in [0.05, 0.1) is 0 Å². The summed E-state index contributed by atoms with van der Waals surface area (Å²) in [6, 6.07) is 0.453. The van der Waals surface area contributed by atoms with Crippen LogP contribution in [0.25, 0.3) is 0 Å². The first kappa shape index (κ1) is 10.5. The summed E-state index contributed by atoms with van der Waals surface area (Å²) in [4.78, 5) is 11.4. The van der Waals surface area contributed by atoms with Crippen LogP contribution in [0.2, 0.25) is 0 Å². The zero-order chi connectivity index (χ0) is 10.5. The molecule has 1 fully saturated rings. The van der Waals surface area contributed by atoms with E-state index in [2.05, 4.69) is 16.7 Å². The minimum Gasteiger partial charge on any atom is -0.338 e. The standard InChI is InChI=1S/C12H20N2O/c15-12(14-11-6-3-7-11)13-9-8-10-4-1-2-5-10/h4,11H,1-3,5-9H2,(H2,13,14,15). The minimum absolute atomic E-state index is 0.0123. The molecule has 3 nitrogen and oxygen atoms in total. The molecule has 15 heavy (non-hydrogen) atoms. The maximum Gasteiger partial charge on any atom is 0.315 e. The molecule has 0 atom stereocenters. The molecule has 0 aliphatic heterocycles. The van der Waals surface area contributed by atoms with Crippen molar-refractivity contribution in [1.82, 2.24) is 10.6 Å². The molecule has 0 saturated heterocycles. The molecule has 0 aromatic heterocycles. The van der Waals surface area contributed by atoms with Crippen molar-refractivity contribution < 1.29 is 4.79 Å². The molecule has 0 radical (unpaired) electrons. The van der Waals surface area contributed by atoms with E-state index in [1.165, 1.54) is 31.3 Å². The van der Waals surface area contributed by atoms with Crippen LogP contribution in [0.3, 0.4) is 0 Å². The summed E-state index contributed by atoms with van der Waals surface area (Å²) < 4.78 is 0. The molecule has 0 spiro atoms. The topological polar surface area (TPSA) is 41.1 Å². The third-order valence-electron chi connectivity index (χ3n) is 3.31. The normalized spacial score (nSPS) is 20.7. The zero-order valence-electron chi connectivity index (χ0n) is 9.22. The number of urea groups is 1. The SMILES string of the molecule is O=C(NCCC1=CCCC1)NC1CCC1. The average Bonchev–Trinajstić information content (AvgIpc) is 2.64. The Balaban J connectivity index is 1.54. The Morgan fingerprint density at radius 3 is 2.87 bits per heavy atom. The fourth-order valence-corrected chi connectivity index (χ4v) is 2.09. The summed E-state index contributed by atoms with van der Waals surface area (Å²) >= 11 is 0. The molecule has 2 aliphatic carbocycles. The van der Waals surface area contributed by atoms with E-state index in [0.29, 0.717) is 6.04 Å². The Kier molecular flexibility index (Phi) is 3.64. The lowest BCUT2D eigenvalue weighted by Crippen LogP contribution is -2.45. The summed E-state index contributed by atoms with van der Waals surface area (Å²) in [7, 11) is 0.